The Kier molecular flexibility index (Phi) is 6.42. The van der Waals surface area contributed by atoms with Gasteiger partial charge >= 0.3 is 6.18 Å². The number of nitrogens with two attached hydrogens (primary N) is 1. The Morgan fingerprint density at radius 1 is 1.26 bits per heavy atom. The lowest BCUT2D eigenvalue weighted by Crippen LogP contribution is -2.39. The molecule has 0 heterocycles. The minimum atomic E-state index is -4.87. The zero-order valence-electron chi connectivity index (χ0n) is 11.9. The van der Waals surface area contributed by atoms with E-state index in [1.54, 1.807) is 0 Å². The van der Waals surface area contributed by atoms with Crippen LogP contribution in [-0.4, -0.2) is 21.0 Å². The van der Waals surface area contributed by atoms with Gasteiger partial charge in [0, 0.05) is 6.04 Å². The third-order valence-electron chi connectivity index (χ3n) is 3.82. The van der Waals surface area contributed by atoms with Crippen molar-refractivity contribution in [1.82, 2.24) is 4.72 Å². The van der Waals surface area contributed by atoms with Crippen molar-refractivity contribution >= 4 is 22.4 Å². The Morgan fingerprint density at radius 3 is 2.43 bits per heavy atom. The highest BCUT2D eigenvalue weighted by Crippen LogP contribution is 2.32. The van der Waals surface area contributed by atoms with Crippen LogP contribution in [0.1, 0.15) is 24.8 Å². The maximum absolute atomic E-state index is 13.5. The molecule has 1 saturated carbocycles. The van der Waals surface area contributed by atoms with Crippen LogP contribution in [0, 0.1) is 11.7 Å². The molecule has 4 nitrogen and oxygen atoms in total. The van der Waals surface area contributed by atoms with Crippen molar-refractivity contribution in [2.45, 2.75) is 36.4 Å². The molecule has 2 unspecified atom stereocenters. The summed E-state index contributed by atoms with van der Waals surface area (Å²) in [5.74, 6) is -1.63. The van der Waals surface area contributed by atoms with Crippen LogP contribution in [0.15, 0.2) is 23.1 Å². The summed E-state index contributed by atoms with van der Waals surface area (Å²) in [7, 11) is -4.08. The van der Waals surface area contributed by atoms with Gasteiger partial charge < -0.3 is 5.73 Å². The monoisotopic (exact) mass is 376 g/mol. The minimum Gasteiger partial charge on any atom is -0.330 e. The van der Waals surface area contributed by atoms with Crippen LogP contribution in [0.25, 0.3) is 0 Å². The summed E-state index contributed by atoms with van der Waals surface area (Å²) in [6.45, 7) is 0.314. The fourth-order valence-corrected chi connectivity index (χ4v) is 3.99. The Balaban J connectivity index is 0.00000264. The standard InChI is InChI=1S/C13H16F4N2O2S.ClH/c14-11-6-9(4-5-10(11)13(15,16)17)22(20,21)19-12-3-1-2-8(12)7-18;/h4-6,8,12,19H,1-3,7,18H2;1H. The highest BCUT2D eigenvalue weighted by molar-refractivity contribution is 7.89. The van der Waals surface area contributed by atoms with Gasteiger partial charge in [0.05, 0.1) is 10.5 Å². The predicted octanol–water partition coefficient (Wildman–Crippen LogP) is 2.67. The third kappa shape index (κ3) is 4.56. The first-order valence-corrected chi connectivity index (χ1v) is 8.22. The van der Waals surface area contributed by atoms with Crippen LogP contribution in [0.2, 0.25) is 0 Å². The van der Waals surface area contributed by atoms with Gasteiger partial charge in [0.2, 0.25) is 10.0 Å². The van der Waals surface area contributed by atoms with Crippen molar-refractivity contribution in [3.8, 4) is 0 Å². The first kappa shape index (κ1) is 20.1. The van der Waals surface area contributed by atoms with E-state index >= 15 is 0 Å². The van der Waals surface area contributed by atoms with Gasteiger partial charge in [0.25, 0.3) is 0 Å². The van der Waals surface area contributed by atoms with Crippen LogP contribution in [-0.2, 0) is 16.2 Å². The lowest BCUT2D eigenvalue weighted by atomic mass is 10.1. The number of nitrogens with one attached hydrogen (secondary N) is 1. The normalized spacial score (nSPS) is 22.0. The SMILES string of the molecule is Cl.NCC1CCCC1NS(=O)(=O)c1ccc(C(F)(F)F)c(F)c1. The maximum atomic E-state index is 13.5. The van der Waals surface area contributed by atoms with E-state index in [0.29, 0.717) is 25.1 Å². The third-order valence-corrected chi connectivity index (χ3v) is 5.31. The molecule has 0 saturated heterocycles. The lowest BCUT2D eigenvalue weighted by molar-refractivity contribution is -0.140. The molecule has 1 aromatic carbocycles. The predicted molar refractivity (Wildman–Crippen MR) is 79.2 cm³/mol. The summed E-state index contributed by atoms with van der Waals surface area (Å²) < 4.78 is 77.7. The first-order chi connectivity index (χ1) is 10.1. The molecule has 1 fully saturated rings. The molecule has 2 rings (SSSR count). The molecule has 0 aliphatic heterocycles. The van der Waals surface area contributed by atoms with E-state index in [1.165, 1.54) is 0 Å². The molecular formula is C13H17ClF4N2O2S. The average molecular weight is 377 g/mol. The highest BCUT2D eigenvalue weighted by Gasteiger charge is 2.35. The number of alkyl halides is 3. The van der Waals surface area contributed by atoms with Gasteiger partial charge in [-0.3, -0.25) is 0 Å². The Hall–Kier alpha value is -0.900. The van der Waals surface area contributed by atoms with Gasteiger partial charge in [0.15, 0.2) is 0 Å². The maximum Gasteiger partial charge on any atom is 0.419 e. The molecule has 3 N–H and O–H groups in total. The van der Waals surface area contributed by atoms with Crippen LogP contribution in [0.4, 0.5) is 17.6 Å². The van der Waals surface area contributed by atoms with Crippen molar-refractivity contribution < 1.29 is 26.0 Å². The van der Waals surface area contributed by atoms with Crippen LogP contribution < -0.4 is 10.5 Å². The fraction of sp³-hybridized carbons (Fsp3) is 0.538. The van der Waals surface area contributed by atoms with E-state index in [-0.39, 0.29) is 24.4 Å². The van der Waals surface area contributed by atoms with Gasteiger partial charge in [-0.25, -0.2) is 17.5 Å². The average Bonchev–Trinajstić information content (AvgIpc) is 2.83. The van der Waals surface area contributed by atoms with E-state index in [4.69, 9.17) is 5.73 Å². The van der Waals surface area contributed by atoms with Crippen molar-refractivity contribution in [3.05, 3.63) is 29.6 Å². The molecule has 0 amide bonds. The van der Waals surface area contributed by atoms with Gasteiger partial charge in [-0.1, -0.05) is 6.42 Å². The molecule has 23 heavy (non-hydrogen) atoms. The fourth-order valence-electron chi connectivity index (χ4n) is 2.63. The summed E-state index contributed by atoms with van der Waals surface area (Å²) in [4.78, 5) is -0.527. The number of sulfonamides is 1. The molecule has 2 atom stereocenters. The number of hydrogen-bond acceptors (Lipinski definition) is 3. The molecule has 1 aliphatic carbocycles. The summed E-state index contributed by atoms with van der Waals surface area (Å²) in [6, 6.07) is 1.19. The van der Waals surface area contributed by atoms with E-state index in [1.807, 2.05) is 0 Å². The van der Waals surface area contributed by atoms with Crippen molar-refractivity contribution in [1.29, 1.82) is 0 Å². The second kappa shape index (κ2) is 7.33. The van der Waals surface area contributed by atoms with Gasteiger partial charge in [-0.05, 0) is 43.5 Å². The van der Waals surface area contributed by atoms with E-state index < -0.39 is 32.5 Å². The zero-order valence-corrected chi connectivity index (χ0v) is 13.6. The van der Waals surface area contributed by atoms with E-state index in [9.17, 15) is 26.0 Å². The second-order valence-corrected chi connectivity index (χ2v) is 7.01. The Bertz CT molecular complexity index is 652. The topological polar surface area (TPSA) is 72.2 Å². The zero-order chi connectivity index (χ0) is 16.5. The van der Waals surface area contributed by atoms with Gasteiger partial charge in [-0.2, -0.15) is 13.2 Å². The molecule has 0 bridgehead atoms. The quantitative estimate of drug-likeness (QED) is 0.793. The molecule has 0 radical (unpaired) electrons. The van der Waals surface area contributed by atoms with Gasteiger partial charge in [0.1, 0.15) is 5.82 Å². The number of halogens is 5. The molecule has 132 valence electrons. The smallest absolute Gasteiger partial charge is 0.330 e. The number of hydrogen-bond donors (Lipinski definition) is 2. The molecular weight excluding hydrogens is 360 g/mol. The van der Waals surface area contributed by atoms with Crippen LogP contribution in [0.3, 0.4) is 0 Å². The summed E-state index contributed by atoms with van der Waals surface area (Å²) in [6.07, 6.45) is -2.67. The highest BCUT2D eigenvalue weighted by atomic mass is 35.5. The summed E-state index contributed by atoms with van der Waals surface area (Å²) in [5.41, 5.74) is 4.06. The van der Waals surface area contributed by atoms with Crippen LogP contribution in [0.5, 0.6) is 0 Å². The van der Waals surface area contributed by atoms with Crippen molar-refractivity contribution in [2.75, 3.05) is 6.54 Å². The lowest BCUT2D eigenvalue weighted by Gasteiger charge is -2.19. The first-order valence-electron chi connectivity index (χ1n) is 6.74. The number of rotatable bonds is 4. The van der Waals surface area contributed by atoms with Crippen molar-refractivity contribution in [3.63, 3.8) is 0 Å². The minimum absolute atomic E-state index is 0. The van der Waals surface area contributed by atoms with Gasteiger partial charge in [-0.15, -0.1) is 12.4 Å². The van der Waals surface area contributed by atoms with Crippen LogP contribution >= 0.6 is 12.4 Å². The molecule has 10 heteroatoms. The summed E-state index contributed by atoms with van der Waals surface area (Å²) in [5, 5.41) is 0. The van der Waals surface area contributed by atoms with E-state index in [2.05, 4.69) is 4.72 Å². The van der Waals surface area contributed by atoms with Crippen molar-refractivity contribution in [2.24, 2.45) is 11.7 Å². The molecule has 1 aliphatic rings. The van der Waals surface area contributed by atoms with E-state index in [0.717, 1.165) is 18.9 Å². The number of benzene rings is 1. The molecule has 0 spiro atoms. The molecule has 1 aromatic rings. The Morgan fingerprint density at radius 2 is 1.91 bits per heavy atom. The largest absolute Gasteiger partial charge is 0.419 e. The second-order valence-electron chi connectivity index (χ2n) is 5.29. The summed E-state index contributed by atoms with van der Waals surface area (Å²) >= 11 is 0. The Labute approximate surface area is 137 Å². The molecule has 0 aromatic heterocycles.